The van der Waals surface area contributed by atoms with E-state index in [2.05, 4.69) is 0 Å². The zero-order valence-corrected chi connectivity index (χ0v) is 13.2. The van der Waals surface area contributed by atoms with Gasteiger partial charge < -0.3 is 15.2 Å². The van der Waals surface area contributed by atoms with Crippen LogP contribution in [0.4, 0.5) is 0 Å². The number of ether oxygens (including phenoxy) is 2. The minimum atomic E-state index is -1.01. The maximum Gasteiger partial charge on any atom is 0.342 e. The minimum absolute atomic E-state index is 0.204. The molecule has 0 spiro atoms. The van der Waals surface area contributed by atoms with Crippen molar-refractivity contribution in [2.45, 2.75) is 19.6 Å². The van der Waals surface area contributed by atoms with Gasteiger partial charge in [-0.05, 0) is 25.1 Å². The summed E-state index contributed by atoms with van der Waals surface area (Å²) in [4.78, 5) is 23.1. The Morgan fingerprint density at radius 2 is 1.78 bits per heavy atom. The molecule has 0 heterocycles. The third-order valence-electron chi connectivity index (χ3n) is 3.13. The van der Waals surface area contributed by atoms with E-state index in [-0.39, 0.29) is 12.2 Å². The highest BCUT2D eigenvalue weighted by Gasteiger charge is 2.19. The average molecular weight is 334 g/mol. The molecule has 5 nitrogen and oxygen atoms in total. The van der Waals surface area contributed by atoms with Crippen molar-refractivity contribution in [2.24, 2.45) is 5.73 Å². The van der Waals surface area contributed by atoms with Gasteiger partial charge in [-0.15, -0.1) is 0 Å². The third-order valence-corrected chi connectivity index (χ3v) is 3.50. The van der Waals surface area contributed by atoms with Crippen molar-refractivity contribution in [3.05, 3.63) is 64.7 Å². The Kier molecular flexibility index (Phi) is 5.60. The number of benzene rings is 2. The molecule has 2 aromatic rings. The fourth-order valence-corrected chi connectivity index (χ4v) is 2.00. The Labute approximate surface area is 139 Å². The molecule has 2 rings (SSSR count). The summed E-state index contributed by atoms with van der Waals surface area (Å²) >= 11 is 6.07. The Hall–Kier alpha value is -2.53. The van der Waals surface area contributed by atoms with Crippen LogP contribution in [-0.4, -0.2) is 18.0 Å². The number of carbonyl (C=O) groups excluding carboxylic acids is 2. The molecule has 0 fully saturated rings. The van der Waals surface area contributed by atoms with Crippen LogP contribution in [0.15, 0.2) is 48.5 Å². The summed E-state index contributed by atoms with van der Waals surface area (Å²) in [5, 5.41) is 0.579. The van der Waals surface area contributed by atoms with Gasteiger partial charge in [-0.1, -0.05) is 41.9 Å². The molecule has 23 heavy (non-hydrogen) atoms. The molecule has 0 aliphatic heterocycles. The van der Waals surface area contributed by atoms with Crippen LogP contribution in [0.25, 0.3) is 0 Å². The SMILES string of the molecule is C[C@H](OC(=O)c1ccccc1OCc1ccccc1Cl)C(N)=O. The molecule has 0 saturated carbocycles. The molecule has 0 unspecified atom stereocenters. The maximum atomic E-state index is 12.1. The first kappa shape index (κ1) is 16.8. The van der Waals surface area contributed by atoms with Gasteiger partial charge in [0.05, 0.1) is 0 Å². The number of amides is 1. The first-order valence-electron chi connectivity index (χ1n) is 6.94. The second kappa shape index (κ2) is 7.65. The molecule has 6 heteroatoms. The van der Waals surface area contributed by atoms with Gasteiger partial charge in [0.25, 0.3) is 5.91 Å². The summed E-state index contributed by atoms with van der Waals surface area (Å²) in [5.74, 6) is -1.05. The van der Waals surface area contributed by atoms with Crippen LogP contribution in [0, 0.1) is 0 Å². The zero-order valence-electron chi connectivity index (χ0n) is 12.5. The molecule has 120 valence electrons. The van der Waals surface area contributed by atoms with Crippen molar-refractivity contribution in [3.8, 4) is 5.75 Å². The molecule has 0 radical (unpaired) electrons. The maximum absolute atomic E-state index is 12.1. The fourth-order valence-electron chi connectivity index (χ4n) is 1.81. The van der Waals surface area contributed by atoms with Gasteiger partial charge in [-0.25, -0.2) is 4.79 Å². The van der Waals surface area contributed by atoms with E-state index in [1.54, 1.807) is 30.3 Å². The number of nitrogens with two attached hydrogens (primary N) is 1. The summed E-state index contributed by atoms with van der Waals surface area (Å²) in [5.41, 5.74) is 6.10. The second-order valence-corrected chi connectivity index (χ2v) is 5.23. The smallest absolute Gasteiger partial charge is 0.342 e. The number of halogens is 1. The van der Waals surface area contributed by atoms with E-state index in [9.17, 15) is 9.59 Å². The van der Waals surface area contributed by atoms with Crippen molar-refractivity contribution in [1.29, 1.82) is 0 Å². The van der Waals surface area contributed by atoms with Gasteiger partial charge in [-0.3, -0.25) is 4.79 Å². The van der Waals surface area contributed by atoms with Gasteiger partial charge >= 0.3 is 5.97 Å². The van der Waals surface area contributed by atoms with Gasteiger partial charge in [-0.2, -0.15) is 0 Å². The Morgan fingerprint density at radius 3 is 2.48 bits per heavy atom. The topological polar surface area (TPSA) is 78.6 Å². The average Bonchev–Trinajstić information content (AvgIpc) is 2.54. The van der Waals surface area contributed by atoms with Crippen LogP contribution < -0.4 is 10.5 Å². The van der Waals surface area contributed by atoms with E-state index in [0.29, 0.717) is 10.8 Å². The molecule has 2 N–H and O–H groups in total. The largest absolute Gasteiger partial charge is 0.488 e. The second-order valence-electron chi connectivity index (χ2n) is 4.83. The van der Waals surface area contributed by atoms with Gasteiger partial charge in [0.15, 0.2) is 6.10 Å². The molecule has 0 aromatic heterocycles. The highest BCUT2D eigenvalue weighted by atomic mass is 35.5. The summed E-state index contributed by atoms with van der Waals surface area (Å²) in [6.45, 7) is 1.61. The molecule has 0 aliphatic rings. The van der Waals surface area contributed by atoms with Crippen molar-refractivity contribution in [2.75, 3.05) is 0 Å². The van der Waals surface area contributed by atoms with Crippen LogP contribution in [0.1, 0.15) is 22.8 Å². The van der Waals surface area contributed by atoms with Crippen molar-refractivity contribution >= 4 is 23.5 Å². The molecule has 1 atom stereocenters. The number of hydrogen-bond donors (Lipinski definition) is 1. The lowest BCUT2D eigenvalue weighted by Crippen LogP contribution is -2.30. The van der Waals surface area contributed by atoms with Crippen molar-refractivity contribution in [3.63, 3.8) is 0 Å². The van der Waals surface area contributed by atoms with Crippen LogP contribution in [0.3, 0.4) is 0 Å². The Morgan fingerprint density at radius 1 is 1.13 bits per heavy atom. The number of rotatable bonds is 6. The van der Waals surface area contributed by atoms with Crippen LogP contribution in [-0.2, 0) is 16.1 Å². The first-order chi connectivity index (χ1) is 11.0. The molecule has 0 aliphatic carbocycles. The minimum Gasteiger partial charge on any atom is -0.488 e. The molecule has 0 saturated heterocycles. The molecular formula is C17H16ClNO4. The van der Waals surface area contributed by atoms with Crippen LogP contribution in [0.5, 0.6) is 5.75 Å². The van der Waals surface area contributed by atoms with E-state index in [0.717, 1.165) is 5.56 Å². The van der Waals surface area contributed by atoms with E-state index in [1.165, 1.54) is 6.92 Å². The van der Waals surface area contributed by atoms with Crippen molar-refractivity contribution in [1.82, 2.24) is 0 Å². The monoisotopic (exact) mass is 333 g/mol. The molecule has 1 amide bonds. The predicted molar refractivity (Wildman–Crippen MR) is 86.3 cm³/mol. The Balaban J connectivity index is 2.13. The fraction of sp³-hybridized carbons (Fsp3) is 0.176. The number of hydrogen-bond acceptors (Lipinski definition) is 4. The van der Waals surface area contributed by atoms with Gasteiger partial charge in [0.1, 0.15) is 17.9 Å². The zero-order chi connectivity index (χ0) is 16.8. The van der Waals surface area contributed by atoms with Crippen LogP contribution >= 0.6 is 11.6 Å². The normalized spacial score (nSPS) is 11.6. The first-order valence-corrected chi connectivity index (χ1v) is 7.32. The highest BCUT2D eigenvalue weighted by molar-refractivity contribution is 6.31. The van der Waals surface area contributed by atoms with Crippen LogP contribution in [0.2, 0.25) is 5.02 Å². The summed E-state index contributed by atoms with van der Waals surface area (Å²) < 4.78 is 10.7. The lowest BCUT2D eigenvalue weighted by atomic mass is 10.2. The lowest BCUT2D eigenvalue weighted by molar-refractivity contribution is -0.125. The van der Waals surface area contributed by atoms with E-state index in [1.807, 2.05) is 18.2 Å². The quantitative estimate of drug-likeness (QED) is 0.824. The summed E-state index contributed by atoms with van der Waals surface area (Å²) in [6, 6.07) is 13.9. The lowest BCUT2D eigenvalue weighted by Gasteiger charge is -2.13. The molecular weight excluding hydrogens is 318 g/mol. The van der Waals surface area contributed by atoms with Crippen molar-refractivity contribution < 1.29 is 19.1 Å². The van der Waals surface area contributed by atoms with Gasteiger partial charge in [0, 0.05) is 10.6 Å². The number of para-hydroxylation sites is 1. The Bertz CT molecular complexity index is 717. The summed E-state index contributed by atoms with van der Waals surface area (Å²) in [7, 11) is 0. The third kappa shape index (κ3) is 4.47. The highest BCUT2D eigenvalue weighted by Crippen LogP contribution is 2.23. The summed E-state index contributed by atoms with van der Waals surface area (Å²) in [6.07, 6.45) is -1.01. The number of esters is 1. The molecule has 0 bridgehead atoms. The molecule has 2 aromatic carbocycles. The van der Waals surface area contributed by atoms with Gasteiger partial charge in [0.2, 0.25) is 0 Å². The van der Waals surface area contributed by atoms with E-state index >= 15 is 0 Å². The van der Waals surface area contributed by atoms with E-state index < -0.39 is 18.0 Å². The predicted octanol–water partition coefficient (Wildman–Crippen LogP) is 2.95. The number of primary amides is 1. The standard InChI is InChI=1S/C17H16ClNO4/c1-11(16(19)20)23-17(21)13-7-3-5-9-15(13)22-10-12-6-2-4-8-14(12)18/h2-9,11H,10H2,1H3,(H2,19,20)/t11-/m0/s1. The number of carbonyl (C=O) groups is 2. The van der Waals surface area contributed by atoms with E-state index in [4.69, 9.17) is 26.8 Å².